The Morgan fingerprint density at radius 1 is 0.400 bits per heavy atom. The predicted molar refractivity (Wildman–Crippen MR) is 108 cm³/mol. The summed E-state index contributed by atoms with van der Waals surface area (Å²) in [5, 5.41) is 0.770. The van der Waals surface area contributed by atoms with Crippen LogP contribution in [0, 0.1) is 0 Å². The molecule has 0 bridgehead atoms. The first kappa shape index (κ1) is 15.7. The van der Waals surface area contributed by atoms with Gasteiger partial charge in [0, 0.05) is 10.6 Å². The van der Waals surface area contributed by atoms with Gasteiger partial charge in [-0.05, 0) is 52.1 Å². The largest absolute Gasteiger partial charge is 0.0837 e. The molecule has 0 aliphatic heterocycles. The van der Waals surface area contributed by atoms with Crippen molar-refractivity contribution in [1.29, 1.82) is 0 Å². The van der Waals surface area contributed by atoms with E-state index in [0.29, 0.717) is 0 Å². The van der Waals surface area contributed by atoms with Gasteiger partial charge in [0.05, 0.1) is 0 Å². The Morgan fingerprint density at radius 3 is 1.36 bits per heavy atom. The molecule has 0 atom stereocenters. The van der Waals surface area contributed by atoms with Gasteiger partial charge in [-0.25, -0.2) is 0 Å². The minimum Gasteiger partial charge on any atom is -0.0837 e. The van der Waals surface area contributed by atoms with Gasteiger partial charge in [-0.1, -0.05) is 90.5 Å². The summed E-state index contributed by atoms with van der Waals surface area (Å²) >= 11 is 6.46. The number of halogens is 1. The summed E-state index contributed by atoms with van der Waals surface area (Å²) in [6, 6.07) is 35.6. The molecule has 0 nitrogen and oxygen atoms in total. The Balaban J connectivity index is 1.94. The molecule has 0 spiro atoms. The van der Waals surface area contributed by atoms with Gasteiger partial charge in [-0.3, -0.25) is 0 Å². The number of hydrogen-bond acceptors (Lipinski definition) is 0. The van der Waals surface area contributed by atoms with Crippen molar-refractivity contribution in [2.75, 3.05) is 0 Å². The minimum atomic E-state index is 0.770. The molecule has 0 saturated carbocycles. The fourth-order valence-electron chi connectivity index (χ4n) is 3.07. The van der Waals surface area contributed by atoms with Crippen LogP contribution in [0.1, 0.15) is 0 Å². The zero-order valence-corrected chi connectivity index (χ0v) is 14.4. The van der Waals surface area contributed by atoms with E-state index in [1.165, 1.54) is 22.3 Å². The van der Waals surface area contributed by atoms with E-state index in [-0.39, 0.29) is 0 Å². The summed E-state index contributed by atoms with van der Waals surface area (Å²) in [6.45, 7) is 0. The van der Waals surface area contributed by atoms with Crippen LogP contribution in [0.5, 0.6) is 0 Å². The first-order valence-electron chi connectivity index (χ1n) is 8.32. The molecular weight excluding hydrogens is 324 g/mol. The average molecular weight is 341 g/mol. The second-order valence-electron chi connectivity index (χ2n) is 6.01. The molecule has 4 rings (SSSR count). The molecule has 25 heavy (non-hydrogen) atoms. The first-order valence-corrected chi connectivity index (χ1v) is 8.70. The fourth-order valence-corrected chi connectivity index (χ4v) is 3.32. The first-order chi connectivity index (χ1) is 12.3. The van der Waals surface area contributed by atoms with Crippen LogP contribution in [-0.4, -0.2) is 0 Å². The lowest BCUT2D eigenvalue weighted by Gasteiger charge is -2.12. The zero-order chi connectivity index (χ0) is 17.1. The van der Waals surface area contributed by atoms with Crippen LogP contribution in [0.25, 0.3) is 33.4 Å². The third-order valence-corrected chi connectivity index (χ3v) is 4.66. The highest BCUT2D eigenvalue weighted by molar-refractivity contribution is 6.33. The van der Waals surface area contributed by atoms with Crippen molar-refractivity contribution in [3.8, 4) is 33.4 Å². The molecule has 0 saturated heterocycles. The molecule has 0 aliphatic carbocycles. The Kier molecular flexibility index (Phi) is 4.37. The number of rotatable bonds is 3. The third-order valence-electron chi connectivity index (χ3n) is 4.33. The Morgan fingerprint density at radius 2 is 0.840 bits per heavy atom. The molecule has 1 heteroatoms. The molecule has 4 aromatic carbocycles. The monoisotopic (exact) mass is 340 g/mol. The maximum absolute atomic E-state index is 6.46. The predicted octanol–water partition coefficient (Wildman–Crippen LogP) is 7.34. The lowest BCUT2D eigenvalue weighted by molar-refractivity contribution is 1.56. The molecule has 0 fully saturated rings. The normalized spacial score (nSPS) is 10.6. The summed E-state index contributed by atoms with van der Waals surface area (Å²) < 4.78 is 0. The van der Waals surface area contributed by atoms with Crippen molar-refractivity contribution in [2.45, 2.75) is 0 Å². The molecule has 0 amide bonds. The molecule has 0 radical (unpaired) electrons. The van der Waals surface area contributed by atoms with Gasteiger partial charge in [-0.15, -0.1) is 0 Å². The van der Waals surface area contributed by atoms with E-state index < -0.39 is 0 Å². The van der Waals surface area contributed by atoms with Crippen LogP contribution >= 0.6 is 11.6 Å². The molecule has 0 N–H and O–H groups in total. The molecule has 0 aliphatic rings. The summed E-state index contributed by atoms with van der Waals surface area (Å²) in [4.78, 5) is 0. The Hall–Kier alpha value is -2.83. The summed E-state index contributed by atoms with van der Waals surface area (Å²) in [5.74, 6) is 0. The van der Waals surface area contributed by atoms with Gasteiger partial charge in [0.2, 0.25) is 0 Å². The topological polar surface area (TPSA) is 0 Å². The highest BCUT2D eigenvalue weighted by Gasteiger charge is 2.09. The fraction of sp³-hybridized carbons (Fsp3) is 0. The maximum atomic E-state index is 6.46. The zero-order valence-electron chi connectivity index (χ0n) is 13.7. The highest BCUT2D eigenvalue weighted by atomic mass is 35.5. The standard InChI is InChI=1S/C24H17Cl/c25-24-14-8-7-13-23(24)22-16-20(18-9-3-1-4-10-18)15-21(17-22)19-11-5-2-6-12-19/h1-17H. The lowest BCUT2D eigenvalue weighted by atomic mass is 9.93. The second kappa shape index (κ2) is 6.96. The summed E-state index contributed by atoms with van der Waals surface area (Å²) in [6.07, 6.45) is 0. The van der Waals surface area contributed by atoms with Gasteiger partial charge < -0.3 is 0 Å². The highest BCUT2D eigenvalue weighted by Crippen LogP contribution is 2.35. The van der Waals surface area contributed by atoms with E-state index in [1.807, 2.05) is 30.3 Å². The van der Waals surface area contributed by atoms with E-state index in [9.17, 15) is 0 Å². The molecule has 0 heterocycles. The Bertz CT molecular complexity index is 931. The van der Waals surface area contributed by atoms with Crippen molar-refractivity contribution in [3.63, 3.8) is 0 Å². The molecule has 4 aromatic rings. The smallest absolute Gasteiger partial charge is 0.0484 e. The van der Waals surface area contributed by atoms with Crippen LogP contribution < -0.4 is 0 Å². The molecule has 120 valence electrons. The van der Waals surface area contributed by atoms with Crippen LogP contribution in [0.15, 0.2) is 103 Å². The van der Waals surface area contributed by atoms with Crippen molar-refractivity contribution in [3.05, 3.63) is 108 Å². The summed E-state index contributed by atoms with van der Waals surface area (Å²) in [7, 11) is 0. The van der Waals surface area contributed by atoms with Gasteiger partial charge >= 0.3 is 0 Å². The van der Waals surface area contributed by atoms with E-state index in [4.69, 9.17) is 11.6 Å². The van der Waals surface area contributed by atoms with E-state index in [2.05, 4.69) is 72.8 Å². The molecular formula is C24H17Cl. The SMILES string of the molecule is Clc1ccccc1-c1cc(-c2ccccc2)cc(-c2ccccc2)c1. The molecule has 0 unspecified atom stereocenters. The number of benzene rings is 4. The second-order valence-corrected chi connectivity index (χ2v) is 6.42. The van der Waals surface area contributed by atoms with Crippen molar-refractivity contribution in [1.82, 2.24) is 0 Å². The Labute approximate surface area is 153 Å². The van der Waals surface area contributed by atoms with Gasteiger partial charge in [0.25, 0.3) is 0 Å². The summed E-state index contributed by atoms with van der Waals surface area (Å²) in [5.41, 5.74) is 6.97. The quantitative estimate of drug-likeness (QED) is 0.366. The number of hydrogen-bond donors (Lipinski definition) is 0. The van der Waals surface area contributed by atoms with Gasteiger partial charge in [0.1, 0.15) is 0 Å². The van der Waals surface area contributed by atoms with Crippen molar-refractivity contribution in [2.24, 2.45) is 0 Å². The van der Waals surface area contributed by atoms with Crippen molar-refractivity contribution >= 4 is 11.6 Å². The van der Waals surface area contributed by atoms with Crippen LogP contribution in [0.2, 0.25) is 5.02 Å². The maximum Gasteiger partial charge on any atom is 0.0484 e. The van der Waals surface area contributed by atoms with Crippen LogP contribution in [0.4, 0.5) is 0 Å². The van der Waals surface area contributed by atoms with Gasteiger partial charge in [-0.2, -0.15) is 0 Å². The average Bonchev–Trinajstić information content (AvgIpc) is 2.69. The lowest BCUT2D eigenvalue weighted by Crippen LogP contribution is -1.86. The van der Waals surface area contributed by atoms with Crippen LogP contribution in [-0.2, 0) is 0 Å². The molecule has 0 aromatic heterocycles. The van der Waals surface area contributed by atoms with E-state index >= 15 is 0 Å². The minimum absolute atomic E-state index is 0.770. The van der Waals surface area contributed by atoms with E-state index in [0.717, 1.165) is 16.1 Å². The van der Waals surface area contributed by atoms with Crippen LogP contribution in [0.3, 0.4) is 0 Å². The van der Waals surface area contributed by atoms with Gasteiger partial charge in [0.15, 0.2) is 0 Å². The third kappa shape index (κ3) is 3.35. The van der Waals surface area contributed by atoms with Crippen molar-refractivity contribution < 1.29 is 0 Å². The van der Waals surface area contributed by atoms with E-state index in [1.54, 1.807) is 0 Å².